The Hall–Kier alpha value is -3.04. The van der Waals surface area contributed by atoms with E-state index in [1.54, 1.807) is 19.2 Å². The number of esters is 1. The van der Waals surface area contributed by atoms with Gasteiger partial charge < -0.3 is 0 Å². The first-order valence-corrected chi connectivity index (χ1v) is 15.8. The van der Waals surface area contributed by atoms with Gasteiger partial charge in [-0.05, 0) is 0 Å². The van der Waals surface area contributed by atoms with E-state index < -0.39 is 15.8 Å². The molecule has 1 atom stereocenters. The average Bonchev–Trinajstić information content (AvgIpc) is 2.96. The summed E-state index contributed by atoms with van der Waals surface area (Å²) in [7, 11) is 3.08. The normalized spacial score (nSPS) is 11.9. The van der Waals surface area contributed by atoms with Crippen LogP contribution in [0.2, 0.25) is 4.71 Å². The van der Waals surface area contributed by atoms with Gasteiger partial charge in [0, 0.05) is 0 Å². The quantitative estimate of drug-likeness (QED) is 0.0942. The van der Waals surface area contributed by atoms with Gasteiger partial charge in [-0.25, -0.2) is 0 Å². The molecular formula is C33H40AsO5. The first-order chi connectivity index (χ1) is 19.0. The molecule has 6 heteroatoms. The molecule has 0 aliphatic carbocycles. The van der Waals surface area contributed by atoms with Crippen LogP contribution in [0.4, 0.5) is 0 Å². The average molecular weight is 592 g/mol. The Kier molecular flexibility index (Phi) is 13.2. The van der Waals surface area contributed by atoms with Crippen LogP contribution in [-0.2, 0) is 29.0 Å². The van der Waals surface area contributed by atoms with Gasteiger partial charge in [-0.3, -0.25) is 0 Å². The van der Waals surface area contributed by atoms with Crippen LogP contribution in [0.5, 0.6) is 11.5 Å². The van der Waals surface area contributed by atoms with Crippen molar-refractivity contribution in [2.45, 2.75) is 69.6 Å². The zero-order valence-corrected chi connectivity index (χ0v) is 25.2. The van der Waals surface area contributed by atoms with Crippen LogP contribution in [0.25, 0.3) is 0 Å². The van der Waals surface area contributed by atoms with Gasteiger partial charge in [0.15, 0.2) is 0 Å². The standard InChI is InChI=1S/C33H40AsO5/c1-4-5-6-7-8-15-28(23-26-13-10-12-17-31(26)37-2)34-32(35)22-25-18-20-29(21-19-25)39-24-27-14-9-11-16-30(27)33(36)38-3/h9-14,16-21,28H,4-8,15,22-24H2,1-3H3. The molecule has 0 spiro atoms. The number of benzene rings is 3. The van der Waals surface area contributed by atoms with Crippen LogP contribution in [0.3, 0.4) is 0 Å². The fourth-order valence-corrected chi connectivity index (χ4v) is 7.25. The molecule has 1 radical (unpaired) electrons. The van der Waals surface area contributed by atoms with Crippen LogP contribution in [-0.4, -0.2) is 40.5 Å². The summed E-state index contributed by atoms with van der Waals surface area (Å²) in [6, 6.07) is 23.1. The summed E-state index contributed by atoms with van der Waals surface area (Å²) < 4.78 is 17.1. The van der Waals surface area contributed by atoms with Crippen molar-refractivity contribution in [3.63, 3.8) is 0 Å². The Balaban J connectivity index is 1.57. The number of hydrogen-bond acceptors (Lipinski definition) is 5. The molecule has 3 aromatic carbocycles. The van der Waals surface area contributed by atoms with Gasteiger partial charge in [-0.15, -0.1) is 0 Å². The SMILES string of the molecule is CCCCCCCC(Cc1ccccc1OC)[As]C(=O)Cc1ccc(OCc2ccccc2C(=O)OC)cc1. The predicted octanol–water partition coefficient (Wildman–Crippen LogP) is 7.23. The molecule has 39 heavy (non-hydrogen) atoms. The van der Waals surface area contributed by atoms with Crippen molar-refractivity contribution in [1.82, 2.24) is 0 Å². The molecule has 0 aliphatic rings. The van der Waals surface area contributed by atoms with E-state index >= 15 is 0 Å². The van der Waals surface area contributed by atoms with E-state index in [0.717, 1.165) is 29.7 Å². The Labute approximate surface area is 239 Å². The maximum atomic E-state index is 13.2. The van der Waals surface area contributed by atoms with Crippen molar-refractivity contribution in [1.29, 1.82) is 0 Å². The van der Waals surface area contributed by atoms with Gasteiger partial charge >= 0.3 is 233 Å². The van der Waals surface area contributed by atoms with E-state index in [2.05, 4.69) is 13.0 Å². The summed E-state index contributed by atoms with van der Waals surface area (Å²) in [6.45, 7) is 2.49. The van der Waals surface area contributed by atoms with E-state index in [9.17, 15) is 9.59 Å². The minimum absolute atomic E-state index is 0.261. The van der Waals surface area contributed by atoms with Gasteiger partial charge in [0.05, 0.1) is 7.11 Å². The molecule has 0 saturated heterocycles. The van der Waals surface area contributed by atoms with Gasteiger partial charge in [-0.1, -0.05) is 0 Å². The number of ether oxygens (including phenoxy) is 3. The van der Waals surface area contributed by atoms with Crippen molar-refractivity contribution in [2.75, 3.05) is 14.2 Å². The molecule has 0 amide bonds. The van der Waals surface area contributed by atoms with Gasteiger partial charge in [0.1, 0.15) is 0 Å². The van der Waals surface area contributed by atoms with Gasteiger partial charge in [-0.2, -0.15) is 0 Å². The number of carbonyl (C=O) groups excluding carboxylic acids is 2. The van der Waals surface area contributed by atoms with E-state index in [0.29, 0.717) is 27.0 Å². The summed E-state index contributed by atoms with van der Waals surface area (Å²) in [6.07, 6.45) is 8.62. The monoisotopic (exact) mass is 591 g/mol. The maximum absolute atomic E-state index is 13.2. The zero-order chi connectivity index (χ0) is 27.9. The second-order valence-electron chi connectivity index (χ2n) is 9.65. The summed E-state index contributed by atoms with van der Waals surface area (Å²) >= 11 is -0.451. The van der Waals surface area contributed by atoms with Crippen molar-refractivity contribution < 1.29 is 23.8 Å². The Bertz CT molecular complexity index is 1170. The van der Waals surface area contributed by atoms with Crippen molar-refractivity contribution >= 4 is 26.3 Å². The molecule has 3 aromatic rings. The Morgan fingerprint density at radius 1 is 0.821 bits per heavy atom. The first kappa shape index (κ1) is 30.5. The van der Waals surface area contributed by atoms with Crippen LogP contribution < -0.4 is 9.47 Å². The molecule has 3 rings (SSSR count). The van der Waals surface area contributed by atoms with E-state index in [1.807, 2.05) is 54.6 Å². The van der Waals surface area contributed by atoms with Crippen LogP contribution in [0.15, 0.2) is 72.8 Å². The van der Waals surface area contributed by atoms with Gasteiger partial charge in [0.25, 0.3) is 0 Å². The molecule has 1 unspecified atom stereocenters. The van der Waals surface area contributed by atoms with Crippen LogP contribution in [0, 0.1) is 0 Å². The van der Waals surface area contributed by atoms with Gasteiger partial charge in [0.2, 0.25) is 0 Å². The summed E-state index contributed by atoms with van der Waals surface area (Å²) in [5.74, 6) is 1.23. The van der Waals surface area contributed by atoms with Crippen molar-refractivity contribution in [3.8, 4) is 11.5 Å². The third-order valence-electron chi connectivity index (χ3n) is 6.71. The number of hydrogen-bond donors (Lipinski definition) is 0. The summed E-state index contributed by atoms with van der Waals surface area (Å²) in [5.41, 5.74) is 3.45. The number of carbonyl (C=O) groups is 2. The van der Waals surface area contributed by atoms with Crippen molar-refractivity contribution in [2.24, 2.45) is 0 Å². The topological polar surface area (TPSA) is 61.8 Å². The molecule has 0 aliphatic heterocycles. The summed E-state index contributed by atoms with van der Waals surface area (Å²) in [4.78, 5) is 25.2. The fourth-order valence-electron chi connectivity index (χ4n) is 4.56. The molecule has 0 heterocycles. The predicted molar refractivity (Wildman–Crippen MR) is 157 cm³/mol. The second-order valence-corrected chi connectivity index (χ2v) is 12.8. The van der Waals surface area contributed by atoms with E-state index in [-0.39, 0.29) is 12.6 Å². The third-order valence-corrected chi connectivity index (χ3v) is 9.34. The molecule has 0 N–H and O–H groups in total. The van der Waals surface area contributed by atoms with Crippen LogP contribution >= 0.6 is 0 Å². The number of methoxy groups -OCH3 is 2. The molecule has 0 aromatic heterocycles. The third kappa shape index (κ3) is 10.2. The minimum atomic E-state index is -0.451. The number of unbranched alkanes of at least 4 members (excludes halogenated alkanes) is 4. The number of rotatable bonds is 17. The second kappa shape index (κ2) is 16.8. The molecule has 0 fully saturated rings. The molecule has 5 nitrogen and oxygen atoms in total. The van der Waals surface area contributed by atoms with Crippen LogP contribution in [0.1, 0.15) is 72.5 Å². The number of para-hydroxylation sites is 1. The Morgan fingerprint density at radius 2 is 1.51 bits per heavy atom. The molecule has 0 bridgehead atoms. The Morgan fingerprint density at radius 3 is 2.23 bits per heavy atom. The van der Waals surface area contributed by atoms with Crippen molar-refractivity contribution in [3.05, 3.63) is 95.1 Å². The summed E-state index contributed by atoms with van der Waals surface area (Å²) in [5, 5.41) is 0. The first-order valence-electron chi connectivity index (χ1n) is 13.8. The zero-order valence-electron chi connectivity index (χ0n) is 23.4. The molecular weight excluding hydrogens is 551 g/mol. The van der Waals surface area contributed by atoms with E-state index in [4.69, 9.17) is 14.2 Å². The van der Waals surface area contributed by atoms with E-state index in [1.165, 1.54) is 44.8 Å². The molecule has 0 saturated carbocycles. The fraction of sp³-hybridized carbons (Fsp3) is 0.394. The molecule has 207 valence electrons.